The Morgan fingerprint density at radius 1 is 1.38 bits per heavy atom. The second-order valence-corrected chi connectivity index (χ2v) is 5.71. The number of likely N-dealkylation sites (tertiary alicyclic amines) is 1. The van der Waals surface area contributed by atoms with Gasteiger partial charge in [0, 0.05) is 18.7 Å². The molecule has 1 fully saturated rings. The summed E-state index contributed by atoms with van der Waals surface area (Å²) < 4.78 is 18.5. The van der Waals surface area contributed by atoms with Crippen LogP contribution < -0.4 is 0 Å². The fraction of sp³-hybridized carbons (Fsp3) is 0.357. The van der Waals surface area contributed by atoms with E-state index in [1.54, 1.807) is 4.90 Å². The second kappa shape index (κ2) is 5.93. The SMILES string of the molecule is O=C(c1ccc(F)cc1)N1CCCC(c2nc(Br)no2)C1. The molecule has 110 valence electrons. The Bertz CT molecular complexity index is 644. The van der Waals surface area contributed by atoms with Gasteiger partial charge in [-0.1, -0.05) is 0 Å². The number of hydrogen-bond donors (Lipinski definition) is 0. The largest absolute Gasteiger partial charge is 0.338 e. The molecule has 2 aromatic rings. The highest BCUT2D eigenvalue weighted by molar-refractivity contribution is 9.10. The number of hydrogen-bond acceptors (Lipinski definition) is 4. The van der Waals surface area contributed by atoms with E-state index in [4.69, 9.17) is 4.52 Å². The first-order valence-electron chi connectivity index (χ1n) is 6.67. The molecule has 3 rings (SSSR count). The molecule has 0 spiro atoms. The average Bonchev–Trinajstić information content (AvgIpc) is 2.94. The molecule has 1 aromatic carbocycles. The third kappa shape index (κ3) is 3.12. The van der Waals surface area contributed by atoms with Crippen molar-refractivity contribution in [2.24, 2.45) is 0 Å². The predicted octanol–water partition coefficient (Wildman–Crippen LogP) is 2.99. The van der Waals surface area contributed by atoms with Gasteiger partial charge in [-0.15, -0.1) is 0 Å². The van der Waals surface area contributed by atoms with Crippen LogP contribution in [-0.4, -0.2) is 34.0 Å². The summed E-state index contributed by atoms with van der Waals surface area (Å²) in [7, 11) is 0. The smallest absolute Gasteiger partial charge is 0.253 e. The first kappa shape index (κ1) is 14.2. The molecular weight excluding hydrogens is 341 g/mol. The Hall–Kier alpha value is -1.76. The van der Waals surface area contributed by atoms with Gasteiger partial charge in [0.25, 0.3) is 5.91 Å². The monoisotopic (exact) mass is 353 g/mol. The lowest BCUT2D eigenvalue weighted by Crippen LogP contribution is -2.39. The molecule has 1 aliphatic rings. The molecule has 0 saturated carbocycles. The number of carbonyl (C=O) groups is 1. The predicted molar refractivity (Wildman–Crippen MR) is 76.3 cm³/mol. The molecule has 1 saturated heterocycles. The van der Waals surface area contributed by atoms with Gasteiger partial charge in [-0.2, -0.15) is 4.98 Å². The van der Waals surface area contributed by atoms with Gasteiger partial charge in [0.1, 0.15) is 5.82 Å². The third-order valence-electron chi connectivity index (χ3n) is 3.57. The van der Waals surface area contributed by atoms with E-state index < -0.39 is 0 Å². The molecule has 1 aliphatic heterocycles. The van der Waals surface area contributed by atoms with E-state index in [1.165, 1.54) is 24.3 Å². The molecule has 21 heavy (non-hydrogen) atoms. The van der Waals surface area contributed by atoms with Crippen molar-refractivity contribution in [1.82, 2.24) is 15.0 Å². The fourth-order valence-electron chi connectivity index (χ4n) is 2.52. The molecule has 2 heterocycles. The summed E-state index contributed by atoms with van der Waals surface area (Å²) in [5, 5.41) is 3.72. The molecule has 1 aromatic heterocycles. The lowest BCUT2D eigenvalue weighted by atomic mass is 9.97. The lowest BCUT2D eigenvalue weighted by Gasteiger charge is -2.31. The van der Waals surface area contributed by atoms with Gasteiger partial charge in [0.15, 0.2) is 0 Å². The van der Waals surface area contributed by atoms with Crippen LogP contribution in [0, 0.1) is 5.82 Å². The van der Waals surface area contributed by atoms with E-state index in [1.807, 2.05) is 0 Å². The fourth-order valence-corrected chi connectivity index (χ4v) is 2.77. The number of rotatable bonds is 2. The second-order valence-electron chi connectivity index (χ2n) is 5.00. The topological polar surface area (TPSA) is 59.2 Å². The Kier molecular flexibility index (Phi) is 4.01. The minimum atomic E-state index is -0.348. The zero-order chi connectivity index (χ0) is 14.8. The molecule has 0 radical (unpaired) electrons. The van der Waals surface area contributed by atoms with E-state index in [0.717, 1.165) is 12.8 Å². The summed E-state index contributed by atoms with van der Waals surface area (Å²) in [4.78, 5) is 18.3. The van der Waals surface area contributed by atoms with Crippen LogP contribution in [0.3, 0.4) is 0 Å². The van der Waals surface area contributed by atoms with Crippen molar-refractivity contribution in [2.45, 2.75) is 18.8 Å². The maximum Gasteiger partial charge on any atom is 0.253 e. The Morgan fingerprint density at radius 2 is 2.14 bits per heavy atom. The summed E-state index contributed by atoms with van der Waals surface area (Å²) in [6.07, 6.45) is 1.78. The maximum absolute atomic E-state index is 12.9. The van der Waals surface area contributed by atoms with Gasteiger partial charge in [-0.25, -0.2) is 4.39 Å². The molecule has 5 nitrogen and oxygen atoms in total. The lowest BCUT2D eigenvalue weighted by molar-refractivity contribution is 0.0695. The minimum Gasteiger partial charge on any atom is -0.338 e. The van der Waals surface area contributed by atoms with Gasteiger partial charge in [-0.05, 0) is 58.2 Å². The molecule has 1 amide bonds. The zero-order valence-electron chi connectivity index (χ0n) is 11.1. The van der Waals surface area contributed by atoms with Crippen molar-refractivity contribution in [2.75, 3.05) is 13.1 Å². The van der Waals surface area contributed by atoms with Crippen molar-refractivity contribution in [3.05, 3.63) is 46.3 Å². The van der Waals surface area contributed by atoms with Crippen LogP contribution in [-0.2, 0) is 0 Å². The third-order valence-corrected chi connectivity index (χ3v) is 3.89. The van der Waals surface area contributed by atoms with E-state index in [9.17, 15) is 9.18 Å². The number of piperidine rings is 1. The molecular formula is C14H13BrFN3O2. The summed E-state index contributed by atoms with van der Waals surface area (Å²) >= 11 is 3.15. The summed E-state index contributed by atoms with van der Waals surface area (Å²) in [6, 6.07) is 5.60. The minimum absolute atomic E-state index is 0.0435. The van der Waals surface area contributed by atoms with Crippen molar-refractivity contribution in [1.29, 1.82) is 0 Å². The Labute approximate surface area is 129 Å². The van der Waals surface area contributed by atoms with E-state index >= 15 is 0 Å². The van der Waals surface area contributed by atoms with Crippen molar-refractivity contribution in [3.63, 3.8) is 0 Å². The van der Waals surface area contributed by atoms with Crippen LogP contribution >= 0.6 is 15.9 Å². The maximum atomic E-state index is 12.9. The van der Waals surface area contributed by atoms with E-state index in [-0.39, 0.29) is 17.6 Å². The number of halogens is 2. The van der Waals surface area contributed by atoms with Crippen LogP contribution in [0.4, 0.5) is 4.39 Å². The number of aromatic nitrogens is 2. The quantitative estimate of drug-likeness (QED) is 0.832. The molecule has 0 bridgehead atoms. The Morgan fingerprint density at radius 3 is 2.81 bits per heavy atom. The summed E-state index contributed by atoms with van der Waals surface area (Å²) in [5.41, 5.74) is 0.490. The van der Waals surface area contributed by atoms with Crippen LogP contribution in [0.1, 0.15) is 35.0 Å². The van der Waals surface area contributed by atoms with Crippen molar-refractivity contribution < 1.29 is 13.7 Å². The number of carbonyl (C=O) groups excluding carboxylic acids is 1. The molecule has 1 unspecified atom stereocenters. The molecule has 0 N–H and O–H groups in total. The number of benzene rings is 1. The van der Waals surface area contributed by atoms with Crippen LogP contribution in [0.15, 0.2) is 33.5 Å². The van der Waals surface area contributed by atoms with Gasteiger partial charge < -0.3 is 9.42 Å². The highest BCUT2D eigenvalue weighted by Gasteiger charge is 2.28. The number of amides is 1. The summed E-state index contributed by atoms with van der Waals surface area (Å²) in [6.45, 7) is 1.22. The van der Waals surface area contributed by atoms with Gasteiger partial charge in [-0.3, -0.25) is 4.79 Å². The van der Waals surface area contributed by atoms with Crippen molar-refractivity contribution >= 4 is 21.8 Å². The zero-order valence-corrected chi connectivity index (χ0v) is 12.7. The normalized spacial score (nSPS) is 18.8. The van der Waals surface area contributed by atoms with Gasteiger partial charge in [0.2, 0.25) is 10.6 Å². The summed E-state index contributed by atoms with van der Waals surface area (Å²) in [5.74, 6) is 0.137. The standard InChI is InChI=1S/C14H13BrFN3O2/c15-14-17-12(21-18-14)10-2-1-7-19(8-10)13(20)9-3-5-11(16)6-4-9/h3-6,10H,1-2,7-8H2. The number of nitrogens with zero attached hydrogens (tertiary/aromatic N) is 3. The van der Waals surface area contributed by atoms with E-state index in [2.05, 4.69) is 26.1 Å². The molecule has 0 aliphatic carbocycles. The van der Waals surface area contributed by atoms with Crippen molar-refractivity contribution in [3.8, 4) is 0 Å². The highest BCUT2D eigenvalue weighted by Crippen LogP contribution is 2.27. The first-order valence-corrected chi connectivity index (χ1v) is 7.47. The first-order chi connectivity index (χ1) is 10.1. The highest BCUT2D eigenvalue weighted by atomic mass is 79.9. The van der Waals surface area contributed by atoms with Crippen LogP contribution in [0.2, 0.25) is 0 Å². The van der Waals surface area contributed by atoms with Gasteiger partial charge in [0.05, 0.1) is 5.92 Å². The van der Waals surface area contributed by atoms with Crippen LogP contribution in [0.5, 0.6) is 0 Å². The average molecular weight is 354 g/mol. The van der Waals surface area contributed by atoms with Crippen LogP contribution in [0.25, 0.3) is 0 Å². The van der Waals surface area contributed by atoms with E-state index in [0.29, 0.717) is 29.3 Å². The van der Waals surface area contributed by atoms with Gasteiger partial charge >= 0.3 is 0 Å². The molecule has 7 heteroatoms. The Balaban J connectivity index is 1.73. The molecule has 1 atom stereocenters.